The zero-order valence-corrected chi connectivity index (χ0v) is 8.24. The van der Waals surface area contributed by atoms with Gasteiger partial charge in [-0.05, 0) is 6.07 Å². The van der Waals surface area contributed by atoms with E-state index >= 15 is 0 Å². The Morgan fingerprint density at radius 1 is 1.50 bits per heavy atom. The predicted molar refractivity (Wildman–Crippen MR) is 55.3 cm³/mol. The average molecular weight is 188 g/mol. The summed E-state index contributed by atoms with van der Waals surface area (Å²) >= 11 is 0. The summed E-state index contributed by atoms with van der Waals surface area (Å²) in [6.45, 7) is 3.80. The monoisotopic (exact) mass is 188 g/mol. The second-order valence-corrected chi connectivity index (χ2v) is 3.64. The summed E-state index contributed by atoms with van der Waals surface area (Å²) in [6.07, 6.45) is 5.19. The third-order valence-electron chi connectivity index (χ3n) is 2.27. The van der Waals surface area contributed by atoms with Crippen LogP contribution in [0, 0.1) is 5.92 Å². The van der Waals surface area contributed by atoms with Crippen LogP contribution in [0.4, 0.5) is 0 Å². The molecule has 0 saturated carbocycles. The van der Waals surface area contributed by atoms with Crippen molar-refractivity contribution in [2.75, 3.05) is 0 Å². The molecule has 2 aromatic rings. The molecule has 0 fully saturated rings. The van der Waals surface area contributed by atoms with E-state index in [9.17, 15) is 4.79 Å². The number of aromatic amines is 1. The van der Waals surface area contributed by atoms with E-state index in [1.54, 1.807) is 18.6 Å². The van der Waals surface area contributed by atoms with Crippen LogP contribution >= 0.6 is 0 Å². The number of H-pyrrole nitrogens is 1. The molecule has 0 atom stereocenters. The molecule has 2 rings (SSSR count). The van der Waals surface area contributed by atoms with Gasteiger partial charge in [0.15, 0.2) is 5.78 Å². The van der Waals surface area contributed by atoms with E-state index in [1.165, 1.54) is 0 Å². The fourth-order valence-electron chi connectivity index (χ4n) is 1.48. The minimum absolute atomic E-state index is 0.0224. The minimum atomic E-state index is 0.0224. The zero-order chi connectivity index (χ0) is 10.1. The number of hydrogen-bond acceptors (Lipinski definition) is 2. The Morgan fingerprint density at radius 2 is 2.29 bits per heavy atom. The maximum atomic E-state index is 11.8. The molecule has 0 radical (unpaired) electrons. The first-order valence-electron chi connectivity index (χ1n) is 4.65. The van der Waals surface area contributed by atoms with Gasteiger partial charge in [-0.15, -0.1) is 0 Å². The van der Waals surface area contributed by atoms with Gasteiger partial charge < -0.3 is 4.98 Å². The Hall–Kier alpha value is -1.64. The fourth-order valence-corrected chi connectivity index (χ4v) is 1.48. The van der Waals surface area contributed by atoms with Crippen molar-refractivity contribution in [2.24, 2.45) is 5.92 Å². The zero-order valence-electron chi connectivity index (χ0n) is 8.24. The lowest BCUT2D eigenvalue weighted by Gasteiger charge is -2.01. The summed E-state index contributed by atoms with van der Waals surface area (Å²) in [6, 6.07) is 1.87. The molecule has 0 bridgehead atoms. The molecule has 0 unspecified atom stereocenters. The Kier molecular flexibility index (Phi) is 2.08. The van der Waals surface area contributed by atoms with Gasteiger partial charge in [-0.1, -0.05) is 13.8 Å². The molecular formula is C11H12N2O. The van der Waals surface area contributed by atoms with E-state index in [0.29, 0.717) is 0 Å². The van der Waals surface area contributed by atoms with Crippen LogP contribution in [-0.4, -0.2) is 15.8 Å². The van der Waals surface area contributed by atoms with Crippen molar-refractivity contribution < 1.29 is 4.79 Å². The van der Waals surface area contributed by atoms with Crippen molar-refractivity contribution in [3.05, 3.63) is 30.2 Å². The molecule has 1 N–H and O–H groups in total. The van der Waals surface area contributed by atoms with Crippen molar-refractivity contribution in [3.8, 4) is 0 Å². The molecule has 0 aliphatic carbocycles. The summed E-state index contributed by atoms with van der Waals surface area (Å²) in [5.41, 5.74) is 1.70. The lowest BCUT2D eigenvalue weighted by atomic mass is 10.0. The quantitative estimate of drug-likeness (QED) is 0.735. The first kappa shape index (κ1) is 8.94. The molecule has 0 amide bonds. The number of carbonyl (C=O) groups is 1. The van der Waals surface area contributed by atoms with Crippen molar-refractivity contribution in [1.82, 2.24) is 9.97 Å². The first-order valence-corrected chi connectivity index (χ1v) is 4.65. The molecule has 72 valence electrons. The lowest BCUT2D eigenvalue weighted by molar-refractivity contribution is 0.0941. The normalized spacial score (nSPS) is 11.1. The van der Waals surface area contributed by atoms with Crippen molar-refractivity contribution in [1.29, 1.82) is 0 Å². The first-order chi connectivity index (χ1) is 6.70. The average Bonchev–Trinajstić information content (AvgIpc) is 2.60. The van der Waals surface area contributed by atoms with E-state index in [2.05, 4.69) is 9.97 Å². The SMILES string of the molecule is CC(C)C(=O)c1c[nH]c2ccncc12. The third-order valence-corrected chi connectivity index (χ3v) is 2.27. The number of pyridine rings is 1. The van der Waals surface area contributed by atoms with Crippen LogP contribution in [0.15, 0.2) is 24.7 Å². The van der Waals surface area contributed by atoms with Crippen molar-refractivity contribution in [2.45, 2.75) is 13.8 Å². The molecule has 3 nitrogen and oxygen atoms in total. The van der Waals surface area contributed by atoms with Gasteiger partial charge in [-0.25, -0.2) is 0 Å². The molecule has 0 saturated heterocycles. The summed E-state index contributed by atoms with van der Waals surface area (Å²) in [4.78, 5) is 18.9. The number of hydrogen-bond donors (Lipinski definition) is 1. The smallest absolute Gasteiger partial charge is 0.167 e. The Labute approximate surface area is 82.2 Å². The van der Waals surface area contributed by atoms with E-state index in [0.717, 1.165) is 16.5 Å². The van der Waals surface area contributed by atoms with Gasteiger partial charge in [0.2, 0.25) is 0 Å². The van der Waals surface area contributed by atoms with Crippen molar-refractivity contribution >= 4 is 16.7 Å². The number of Topliss-reactive ketones (excluding diaryl/α,β-unsaturated/α-hetero) is 1. The molecular weight excluding hydrogens is 176 g/mol. The molecule has 2 aromatic heterocycles. The fraction of sp³-hybridized carbons (Fsp3) is 0.273. The highest BCUT2D eigenvalue weighted by Crippen LogP contribution is 2.19. The van der Waals surface area contributed by atoms with E-state index in [-0.39, 0.29) is 11.7 Å². The Morgan fingerprint density at radius 3 is 3.00 bits per heavy atom. The molecule has 0 aliphatic rings. The Balaban J connectivity index is 2.58. The molecule has 2 heterocycles. The summed E-state index contributed by atoms with van der Waals surface area (Å²) in [5.74, 6) is 0.179. The third kappa shape index (κ3) is 1.31. The van der Waals surface area contributed by atoms with Gasteiger partial charge in [-0.2, -0.15) is 0 Å². The maximum Gasteiger partial charge on any atom is 0.167 e. The van der Waals surface area contributed by atoms with Gasteiger partial charge in [0.1, 0.15) is 0 Å². The molecule has 0 spiro atoms. The topological polar surface area (TPSA) is 45.8 Å². The largest absolute Gasteiger partial charge is 0.360 e. The second-order valence-electron chi connectivity index (χ2n) is 3.64. The van der Waals surface area contributed by atoms with Crippen LogP contribution in [-0.2, 0) is 0 Å². The van der Waals surface area contributed by atoms with Crippen LogP contribution in [0.1, 0.15) is 24.2 Å². The van der Waals surface area contributed by atoms with Crippen LogP contribution < -0.4 is 0 Å². The van der Waals surface area contributed by atoms with Crippen LogP contribution in [0.2, 0.25) is 0 Å². The maximum absolute atomic E-state index is 11.8. The lowest BCUT2D eigenvalue weighted by Crippen LogP contribution is -2.06. The van der Waals surface area contributed by atoms with Crippen LogP contribution in [0.3, 0.4) is 0 Å². The number of carbonyl (C=O) groups excluding carboxylic acids is 1. The highest BCUT2D eigenvalue weighted by molar-refractivity contribution is 6.08. The summed E-state index contributed by atoms with van der Waals surface area (Å²) in [5, 5.41) is 0.909. The van der Waals surface area contributed by atoms with Gasteiger partial charge >= 0.3 is 0 Å². The minimum Gasteiger partial charge on any atom is -0.360 e. The second kappa shape index (κ2) is 3.25. The summed E-state index contributed by atoms with van der Waals surface area (Å²) < 4.78 is 0. The molecule has 0 aliphatic heterocycles. The van der Waals surface area contributed by atoms with Gasteiger partial charge in [-0.3, -0.25) is 9.78 Å². The van der Waals surface area contributed by atoms with Gasteiger partial charge in [0, 0.05) is 41.0 Å². The number of ketones is 1. The number of rotatable bonds is 2. The number of nitrogens with one attached hydrogen (secondary N) is 1. The molecule has 14 heavy (non-hydrogen) atoms. The van der Waals surface area contributed by atoms with Crippen LogP contribution in [0.5, 0.6) is 0 Å². The van der Waals surface area contributed by atoms with E-state index < -0.39 is 0 Å². The Bertz CT molecular complexity index is 471. The van der Waals surface area contributed by atoms with Crippen molar-refractivity contribution in [3.63, 3.8) is 0 Å². The van der Waals surface area contributed by atoms with Crippen LogP contribution in [0.25, 0.3) is 10.9 Å². The highest BCUT2D eigenvalue weighted by Gasteiger charge is 2.14. The highest BCUT2D eigenvalue weighted by atomic mass is 16.1. The molecule has 0 aromatic carbocycles. The van der Waals surface area contributed by atoms with E-state index in [1.807, 2.05) is 19.9 Å². The predicted octanol–water partition coefficient (Wildman–Crippen LogP) is 2.40. The number of nitrogens with zero attached hydrogens (tertiary/aromatic N) is 1. The standard InChI is InChI=1S/C11H12N2O/c1-7(2)11(14)9-6-13-10-3-4-12-5-8(9)10/h3-7,13H,1-2H3. The molecule has 3 heteroatoms. The number of fused-ring (bicyclic) bond motifs is 1. The van der Waals surface area contributed by atoms with Gasteiger partial charge in [0.25, 0.3) is 0 Å². The number of aromatic nitrogens is 2. The van der Waals surface area contributed by atoms with E-state index in [4.69, 9.17) is 0 Å². The summed E-state index contributed by atoms with van der Waals surface area (Å²) in [7, 11) is 0. The van der Waals surface area contributed by atoms with Gasteiger partial charge in [0.05, 0.1) is 0 Å².